The van der Waals surface area contributed by atoms with Gasteiger partial charge < -0.3 is 10.8 Å². The van der Waals surface area contributed by atoms with Crippen LogP contribution in [0.3, 0.4) is 0 Å². The molecule has 0 bridgehead atoms. The fourth-order valence-corrected chi connectivity index (χ4v) is 2.38. The Morgan fingerprint density at radius 3 is 2.50 bits per heavy atom. The summed E-state index contributed by atoms with van der Waals surface area (Å²) in [7, 11) is 0. The summed E-state index contributed by atoms with van der Waals surface area (Å²) < 4.78 is 0. The molecule has 0 fully saturated rings. The lowest BCUT2D eigenvalue weighted by Gasteiger charge is -2.07. The van der Waals surface area contributed by atoms with E-state index in [0.717, 1.165) is 15.4 Å². The third-order valence-corrected chi connectivity index (χ3v) is 3.35. The van der Waals surface area contributed by atoms with Gasteiger partial charge in [-0.15, -0.1) is 0 Å². The molecule has 2 aromatic rings. The number of nitrogens with two attached hydrogens (primary N) is 1. The maximum absolute atomic E-state index is 9.25. The summed E-state index contributed by atoms with van der Waals surface area (Å²) in [6.45, 7) is 0.0141. The Labute approximate surface area is 99.1 Å². The van der Waals surface area contributed by atoms with E-state index in [9.17, 15) is 5.11 Å². The molecule has 0 atom stereocenters. The number of nitrogen functional groups attached to an aromatic ring is 1. The Bertz CT molecular complexity index is 471. The van der Waals surface area contributed by atoms with Crippen molar-refractivity contribution in [2.24, 2.45) is 0 Å². The predicted octanol–water partition coefficient (Wildman–Crippen LogP) is 2.91. The lowest BCUT2D eigenvalue weighted by Crippen LogP contribution is -1.91. The molecule has 2 aromatic carbocycles. The van der Waals surface area contributed by atoms with Crippen LogP contribution in [0, 0.1) is 0 Å². The van der Waals surface area contributed by atoms with E-state index in [2.05, 4.69) is 0 Å². The molecule has 0 aliphatic carbocycles. The molecule has 0 aromatic heterocycles. The first-order valence-electron chi connectivity index (χ1n) is 5.02. The van der Waals surface area contributed by atoms with Crippen LogP contribution in [0.25, 0.3) is 0 Å². The molecule has 0 unspecified atom stereocenters. The number of hydrogen-bond donors (Lipinski definition) is 2. The van der Waals surface area contributed by atoms with Crippen molar-refractivity contribution in [2.75, 3.05) is 5.73 Å². The van der Waals surface area contributed by atoms with Gasteiger partial charge >= 0.3 is 0 Å². The summed E-state index contributed by atoms with van der Waals surface area (Å²) in [5, 5.41) is 9.25. The van der Waals surface area contributed by atoms with Gasteiger partial charge in [-0.1, -0.05) is 30.0 Å². The molecule has 0 aliphatic rings. The van der Waals surface area contributed by atoms with Gasteiger partial charge in [-0.05, 0) is 35.9 Å². The van der Waals surface area contributed by atoms with Crippen LogP contribution in [0.5, 0.6) is 0 Å². The highest BCUT2D eigenvalue weighted by Gasteiger charge is 2.03. The minimum atomic E-state index is 0.0141. The molecule has 3 N–H and O–H groups in total. The minimum absolute atomic E-state index is 0.0141. The molecule has 16 heavy (non-hydrogen) atoms. The topological polar surface area (TPSA) is 46.2 Å². The quantitative estimate of drug-likeness (QED) is 0.798. The normalized spacial score (nSPS) is 10.3. The van der Waals surface area contributed by atoms with E-state index in [-0.39, 0.29) is 6.61 Å². The van der Waals surface area contributed by atoms with E-state index in [4.69, 9.17) is 5.73 Å². The summed E-state index contributed by atoms with van der Waals surface area (Å²) in [6, 6.07) is 15.7. The van der Waals surface area contributed by atoms with Crippen molar-refractivity contribution in [1.82, 2.24) is 0 Å². The van der Waals surface area contributed by atoms with Crippen LogP contribution in [0.4, 0.5) is 5.69 Å². The fraction of sp³-hybridized carbons (Fsp3) is 0.0769. The van der Waals surface area contributed by atoms with E-state index in [1.807, 2.05) is 48.5 Å². The average molecular weight is 231 g/mol. The van der Waals surface area contributed by atoms with Gasteiger partial charge in [-0.2, -0.15) is 0 Å². The molecule has 0 radical (unpaired) electrons. The molecule has 0 saturated carbocycles. The van der Waals surface area contributed by atoms with Crippen LogP contribution in [0.1, 0.15) is 5.56 Å². The average Bonchev–Trinajstić information content (AvgIpc) is 2.33. The van der Waals surface area contributed by atoms with Crippen molar-refractivity contribution in [1.29, 1.82) is 0 Å². The second-order valence-corrected chi connectivity index (χ2v) is 4.56. The molecule has 0 heterocycles. The SMILES string of the molecule is Nc1ccc(Sc2ccccc2)c(CO)c1. The van der Waals surface area contributed by atoms with Gasteiger partial charge in [0.1, 0.15) is 0 Å². The number of hydrogen-bond acceptors (Lipinski definition) is 3. The Hall–Kier alpha value is -1.45. The third-order valence-electron chi connectivity index (χ3n) is 2.23. The van der Waals surface area contributed by atoms with Gasteiger partial charge in [0.2, 0.25) is 0 Å². The molecule has 2 nitrogen and oxygen atoms in total. The number of rotatable bonds is 3. The van der Waals surface area contributed by atoms with E-state index in [1.165, 1.54) is 0 Å². The van der Waals surface area contributed by atoms with Crippen molar-refractivity contribution in [2.45, 2.75) is 16.4 Å². The van der Waals surface area contributed by atoms with Gasteiger partial charge in [0.05, 0.1) is 6.61 Å². The summed E-state index contributed by atoms with van der Waals surface area (Å²) in [5.74, 6) is 0. The third kappa shape index (κ3) is 2.56. The Morgan fingerprint density at radius 2 is 1.81 bits per heavy atom. The van der Waals surface area contributed by atoms with Gasteiger partial charge in [0, 0.05) is 15.5 Å². The van der Waals surface area contributed by atoms with Crippen LogP contribution < -0.4 is 5.73 Å². The van der Waals surface area contributed by atoms with E-state index in [1.54, 1.807) is 11.8 Å². The van der Waals surface area contributed by atoms with Crippen molar-refractivity contribution in [3.8, 4) is 0 Å². The van der Waals surface area contributed by atoms with Crippen molar-refractivity contribution in [3.05, 3.63) is 54.1 Å². The van der Waals surface area contributed by atoms with Gasteiger partial charge in [0.25, 0.3) is 0 Å². The molecule has 82 valence electrons. The monoisotopic (exact) mass is 231 g/mol. The maximum Gasteiger partial charge on any atom is 0.0693 e. The van der Waals surface area contributed by atoms with Gasteiger partial charge in [0.15, 0.2) is 0 Å². The zero-order valence-electron chi connectivity index (χ0n) is 8.76. The van der Waals surface area contributed by atoms with Crippen LogP contribution in [-0.4, -0.2) is 5.11 Å². The van der Waals surface area contributed by atoms with Gasteiger partial charge in [-0.25, -0.2) is 0 Å². The van der Waals surface area contributed by atoms with Crippen molar-refractivity contribution < 1.29 is 5.11 Å². The molecule has 0 saturated heterocycles. The van der Waals surface area contributed by atoms with Crippen LogP contribution >= 0.6 is 11.8 Å². The van der Waals surface area contributed by atoms with Crippen molar-refractivity contribution in [3.63, 3.8) is 0 Å². The first-order valence-corrected chi connectivity index (χ1v) is 5.83. The van der Waals surface area contributed by atoms with Crippen molar-refractivity contribution >= 4 is 17.4 Å². The largest absolute Gasteiger partial charge is 0.399 e. The second kappa shape index (κ2) is 5.05. The summed E-state index contributed by atoms with van der Waals surface area (Å²) in [6.07, 6.45) is 0. The Kier molecular flexibility index (Phi) is 3.49. The van der Waals surface area contributed by atoms with Gasteiger partial charge in [-0.3, -0.25) is 0 Å². The first-order chi connectivity index (χ1) is 7.79. The molecule has 0 aliphatic heterocycles. The Morgan fingerprint density at radius 1 is 1.06 bits per heavy atom. The summed E-state index contributed by atoms with van der Waals surface area (Å²) in [5.41, 5.74) is 7.23. The molecule has 0 amide bonds. The minimum Gasteiger partial charge on any atom is -0.399 e. The fourth-order valence-electron chi connectivity index (χ4n) is 1.44. The zero-order chi connectivity index (χ0) is 11.4. The second-order valence-electron chi connectivity index (χ2n) is 3.44. The van der Waals surface area contributed by atoms with Crippen LogP contribution in [-0.2, 0) is 6.61 Å². The number of benzene rings is 2. The lowest BCUT2D eigenvalue weighted by molar-refractivity contribution is 0.279. The molecular weight excluding hydrogens is 218 g/mol. The maximum atomic E-state index is 9.25. The van der Waals surface area contributed by atoms with E-state index < -0.39 is 0 Å². The van der Waals surface area contributed by atoms with E-state index in [0.29, 0.717) is 5.69 Å². The highest BCUT2D eigenvalue weighted by Crippen LogP contribution is 2.31. The predicted molar refractivity (Wildman–Crippen MR) is 67.3 cm³/mol. The zero-order valence-corrected chi connectivity index (χ0v) is 9.58. The molecule has 2 rings (SSSR count). The highest BCUT2D eigenvalue weighted by molar-refractivity contribution is 7.99. The number of aliphatic hydroxyl groups excluding tert-OH is 1. The van der Waals surface area contributed by atoms with Crippen LogP contribution in [0.15, 0.2) is 58.3 Å². The standard InChI is InChI=1S/C13H13NOS/c14-11-6-7-13(10(8-11)9-15)16-12-4-2-1-3-5-12/h1-8,15H,9,14H2. The Balaban J connectivity index is 2.28. The smallest absolute Gasteiger partial charge is 0.0693 e. The number of anilines is 1. The van der Waals surface area contributed by atoms with Crippen LogP contribution in [0.2, 0.25) is 0 Å². The first kappa shape index (κ1) is 11.0. The lowest BCUT2D eigenvalue weighted by atomic mass is 10.2. The molecule has 0 spiro atoms. The number of aliphatic hydroxyl groups is 1. The molecular formula is C13H13NOS. The molecule has 3 heteroatoms. The highest BCUT2D eigenvalue weighted by atomic mass is 32.2. The van der Waals surface area contributed by atoms with E-state index >= 15 is 0 Å². The summed E-state index contributed by atoms with van der Waals surface area (Å²) in [4.78, 5) is 2.20. The summed E-state index contributed by atoms with van der Waals surface area (Å²) >= 11 is 1.63.